The van der Waals surface area contributed by atoms with Gasteiger partial charge in [-0.3, -0.25) is 4.79 Å². The number of carbonyl (C=O) groups excluding carboxylic acids is 2. The van der Waals surface area contributed by atoms with Crippen molar-refractivity contribution in [3.8, 4) is 5.88 Å². The molecule has 1 heterocycles. The van der Waals surface area contributed by atoms with Gasteiger partial charge in [0.05, 0.1) is 0 Å². The van der Waals surface area contributed by atoms with E-state index in [9.17, 15) is 14.0 Å². The Morgan fingerprint density at radius 3 is 2.67 bits per heavy atom. The van der Waals surface area contributed by atoms with Crippen LogP contribution in [0.1, 0.15) is 11.3 Å². The zero-order valence-electron chi connectivity index (χ0n) is 13.1. The Hall–Kier alpha value is -2.90. The molecule has 0 aliphatic rings. The number of benzene rings is 1. The average Bonchev–Trinajstić information content (AvgIpc) is 2.98. The lowest BCUT2D eigenvalue weighted by atomic mass is 10.1. The van der Waals surface area contributed by atoms with Crippen molar-refractivity contribution >= 4 is 11.9 Å². The lowest BCUT2D eigenvalue weighted by molar-refractivity contribution is -0.150. The lowest BCUT2D eigenvalue weighted by Crippen LogP contribution is -2.31. The molecule has 0 aliphatic carbocycles. The maximum absolute atomic E-state index is 12.7. The Bertz CT molecular complexity index is 684. The summed E-state index contributed by atoms with van der Waals surface area (Å²) < 4.78 is 27.3. The smallest absolute Gasteiger partial charge is 0.344 e. The monoisotopic (exact) mass is 336 g/mol. The lowest BCUT2D eigenvalue weighted by Gasteiger charge is -2.07. The second-order valence-electron chi connectivity index (χ2n) is 4.95. The van der Waals surface area contributed by atoms with Crippen LogP contribution in [-0.2, 0) is 20.7 Å². The summed E-state index contributed by atoms with van der Waals surface area (Å²) in [7, 11) is 0. The Balaban J connectivity index is 1.58. The summed E-state index contributed by atoms with van der Waals surface area (Å²) in [5, 5.41) is 6.15. The highest BCUT2D eigenvalue weighted by Crippen LogP contribution is 2.09. The number of ether oxygens (including phenoxy) is 2. The maximum atomic E-state index is 12.7. The molecular weight excluding hydrogens is 319 g/mol. The number of rotatable bonds is 8. The van der Waals surface area contributed by atoms with E-state index in [2.05, 4.69) is 10.5 Å². The number of hydrogen-bond acceptors (Lipinski definition) is 6. The van der Waals surface area contributed by atoms with Crippen molar-refractivity contribution in [1.82, 2.24) is 10.5 Å². The van der Waals surface area contributed by atoms with E-state index < -0.39 is 18.5 Å². The summed E-state index contributed by atoms with van der Waals surface area (Å²) >= 11 is 0. The van der Waals surface area contributed by atoms with E-state index in [1.54, 1.807) is 19.1 Å². The van der Waals surface area contributed by atoms with Gasteiger partial charge in [0, 0.05) is 12.6 Å². The SMILES string of the molecule is Cc1cc(OCC(=O)OCC(=O)NCCc2ccc(F)cc2)no1. The summed E-state index contributed by atoms with van der Waals surface area (Å²) in [6, 6.07) is 7.52. The van der Waals surface area contributed by atoms with Gasteiger partial charge in [-0.2, -0.15) is 0 Å². The van der Waals surface area contributed by atoms with Gasteiger partial charge >= 0.3 is 5.97 Å². The van der Waals surface area contributed by atoms with Crippen LogP contribution in [0.4, 0.5) is 4.39 Å². The number of hydrogen-bond donors (Lipinski definition) is 1. The number of amides is 1. The molecule has 1 aromatic heterocycles. The fourth-order valence-corrected chi connectivity index (χ4v) is 1.78. The normalized spacial score (nSPS) is 10.2. The van der Waals surface area contributed by atoms with Crippen molar-refractivity contribution in [1.29, 1.82) is 0 Å². The first-order valence-electron chi connectivity index (χ1n) is 7.26. The van der Waals surface area contributed by atoms with Crippen LogP contribution in [0, 0.1) is 12.7 Å². The molecule has 0 atom stereocenters. The number of esters is 1. The topological polar surface area (TPSA) is 90.7 Å². The fraction of sp³-hybridized carbons (Fsp3) is 0.312. The van der Waals surface area contributed by atoms with Crippen molar-refractivity contribution in [3.63, 3.8) is 0 Å². The summed E-state index contributed by atoms with van der Waals surface area (Å²) in [4.78, 5) is 23.0. The number of aryl methyl sites for hydroxylation is 1. The minimum absolute atomic E-state index is 0.174. The third-order valence-electron chi connectivity index (χ3n) is 2.96. The van der Waals surface area contributed by atoms with Gasteiger partial charge < -0.3 is 19.3 Å². The third kappa shape index (κ3) is 6.07. The Morgan fingerprint density at radius 2 is 2.00 bits per heavy atom. The van der Waals surface area contributed by atoms with Crippen LogP contribution in [0.2, 0.25) is 0 Å². The molecule has 0 bridgehead atoms. The van der Waals surface area contributed by atoms with Crippen LogP contribution in [-0.4, -0.2) is 36.8 Å². The van der Waals surface area contributed by atoms with E-state index in [0.717, 1.165) is 5.56 Å². The molecule has 0 saturated carbocycles. The van der Waals surface area contributed by atoms with Gasteiger partial charge in [0.15, 0.2) is 13.2 Å². The van der Waals surface area contributed by atoms with Crippen LogP contribution in [0.25, 0.3) is 0 Å². The van der Waals surface area contributed by atoms with Crippen LogP contribution < -0.4 is 10.1 Å². The van der Waals surface area contributed by atoms with Crippen LogP contribution >= 0.6 is 0 Å². The first kappa shape index (κ1) is 17.5. The van der Waals surface area contributed by atoms with Crippen molar-refractivity contribution in [3.05, 3.63) is 47.5 Å². The van der Waals surface area contributed by atoms with E-state index in [1.165, 1.54) is 18.2 Å². The van der Waals surface area contributed by atoms with Gasteiger partial charge in [-0.15, -0.1) is 0 Å². The molecule has 0 fully saturated rings. The molecule has 7 nitrogen and oxygen atoms in total. The molecule has 24 heavy (non-hydrogen) atoms. The summed E-state index contributed by atoms with van der Waals surface area (Å²) in [5.74, 6) is -0.697. The van der Waals surface area contributed by atoms with E-state index in [0.29, 0.717) is 18.7 Å². The predicted octanol–water partition coefficient (Wildman–Crippen LogP) is 1.40. The first-order valence-corrected chi connectivity index (χ1v) is 7.26. The van der Waals surface area contributed by atoms with Gasteiger partial charge in [0.2, 0.25) is 0 Å². The fourth-order valence-electron chi connectivity index (χ4n) is 1.78. The van der Waals surface area contributed by atoms with Crippen molar-refractivity contribution in [2.75, 3.05) is 19.8 Å². The number of halogens is 1. The van der Waals surface area contributed by atoms with E-state index in [-0.39, 0.29) is 18.3 Å². The standard InChI is InChI=1S/C16H17FN2O5/c1-11-8-15(19-24-11)22-10-16(21)23-9-14(20)18-7-6-12-2-4-13(17)5-3-12/h2-5,8H,6-7,9-10H2,1H3,(H,18,20). The third-order valence-corrected chi connectivity index (χ3v) is 2.96. The minimum Gasteiger partial charge on any atom is -0.463 e. The Kier molecular flexibility index (Phi) is 6.30. The van der Waals surface area contributed by atoms with Gasteiger partial charge in [0.25, 0.3) is 11.8 Å². The molecule has 0 aliphatic heterocycles. The maximum Gasteiger partial charge on any atom is 0.344 e. The van der Waals surface area contributed by atoms with Gasteiger partial charge in [0.1, 0.15) is 11.6 Å². The second-order valence-corrected chi connectivity index (χ2v) is 4.95. The van der Waals surface area contributed by atoms with Crippen molar-refractivity contribution < 1.29 is 28.0 Å². The summed E-state index contributed by atoms with van der Waals surface area (Å²) in [6.45, 7) is 1.28. The van der Waals surface area contributed by atoms with E-state index in [1.807, 2.05) is 0 Å². The molecule has 1 N–H and O–H groups in total. The molecule has 128 valence electrons. The predicted molar refractivity (Wildman–Crippen MR) is 80.8 cm³/mol. The van der Waals surface area contributed by atoms with Crippen LogP contribution in [0.15, 0.2) is 34.9 Å². The molecule has 2 aromatic rings. The van der Waals surface area contributed by atoms with E-state index >= 15 is 0 Å². The van der Waals surface area contributed by atoms with E-state index in [4.69, 9.17) is 14.0 Å². The first-order chi connectivity index (χ1) is 11.5. The highest BCUT2D eigenvalue weighted by atomic mass is 19.1. The molecule has 0 spiro atoms. The quantitative estimate of drug-likeness (QED) is 0.733. The zero-order valence-corrected chi connectivity index (χ0v) is 13.1. The molecule has 0 radical (unpaired) electrons. The highest BCUT2D eigenvalue weighted by Gasteiger charge is 2.10. The average molecular weight is 336 g/mol. The van der Waals surface area contributed by atoms with Gasteiger partial charge in [-0.05, 0) is 36.2 Å². The van der Waals surface area contributed by atoms with Crippen molar-refractivity contribution in [2.24, 2.45) is 0 Å². The Labute approximate surface area is 137 Å². The summed E-state index contributed by atoms with van der Waals surface area (Å²) in [5.41, 5.74) is 0.894. The molecule has 2 rings (SSSR count). The summed E-state index contributed by atoms with van der Waals surface area (Å²) in [6.07, 6.45) is 0.550. The highest BCUT2D eigenvalue weighted by molar-refractivity contribution is 5.80. The molecule has 8 heteroatoms. The van der Waals surface area contributed by atoms with Crippen molar-refractivity contribution in [2.45, 2.75) is 13.3 Å². The molecule has 1 aromatic carbocycles. The second kappa shape index (κ2) is 8.66. The zero-order chi connectivity index (χ0) is 17.4. The number of nitrogens with zero attached hydrogens (tertiary/aromatic N) is 1. The number of aromatic nitrogens is 1. The molecular formula is C16H17FN2O5. The molecule has 0 unspecified atom stereocenters. The minimum atomic E-state index is -0.690. The van der Waals surface area contributed by atoms with Gasteiger partial charge in [-0.1, -0.05) is 12.1 Å². The largest absolute Gasteiger partial charge is 0.463 e. The Morgan fingerprint density at radius 1 is 1.25 bits per heavy atom. The molecule has 0 saturated heterocycles. The number of nitrogens with one attached hydrogen (secondary N) is 1. The molecule has 1 amide bonds. The van der Waals surface area contributed by atoms with Crippen LogP contribution in [0.3, 0.4) is 0 Å². The number of carbonyl (C=O) groups is 2. The van der Waals surface area contributed by atoms with Gasteiger partial charge in [-0.25, -0.2) is 9.18 Å². The van der Waals surface area contributed by atoms with Crippen LogP contribution in [0.5, 0.6) is 5.88 Å².